The number of hydrogen-bond donors (Lipinski definition) is 0. The summed E-state index contributed by atoms with van der Waals surface area (Å²) in [6.07, 6.45) is 0. The number of rotatable bonds is 0. The molecule has 6 aromatic rings. The summed E-state index contributed by atoms with van der Waals surface area (Å²) in [5.41, 5.74) is 3.40. The first-order valence-electron chi connectivity index (χ1n) is 8.15. The summed E-state index contributed by atoms with van der Waals surface area (Å²) < 4.78 is 13.5. The third kappa shape index (κ3) is 1.68. The molecule has 0 bridgehead atoms. The van der Waals surface area contributed by atoms with E-state index < -0.39 is 0 Å². The second-order valence-electron chi connectivity index (χ2n) is 6.29. The van der Waals surface area contributed by atoms with Gasteiger partial charge < -0.3 is 8.83 Å². The molecule has 4 aromatic carbocycles. The Morgan fingerprint density at radius 3 is 1.84 bits per heavy atom. The van der Waals surface area contributed by atoms with Gasteiger partial charge in [-0.25, -0.2) is 0 Å². The Morgan fingerprint density at radius 1 is 0.560 bits per heavy atom. The topological polar surface area (TPSA) is 26.3 Å². The smallest absolute Gasteiger partial charge is 0.179 e. The molecule has 2 heterocycles. The van der Waals surface area contributed by atoms with Crippen molar-refractivity contribution in [2.75, 3.05) is 0 Å². The van der Waals surface area contributed by atoms with Crippen LogP contribution in [0.2, 0.25) is 0 Å². The van der Waals surface area contributed by atoms with Gasteiger partial charge in [-0.05, 0) is 35.0 Å². The van der Waals surface area contributed by atoms with E-state index in [1.54, 1.807) is 0 Å². The molecule has 0 atom stereocenters. The van der Waals surface area contributed by atoms with Crippen LogP contribution < -0.4 is 0 Å². The van der Waals surface area contributed by atoms with Crippen molar-refractivity contribution in [1.29, 1.82) is 0 Å². The predicted octanol–water partition coefficient (Wildman–Crippen LogP) is 7.40. The lowest BCUT2D eigenvalue weighted by Gasteiger charge is -2.02. The SMILES string of the molecule is Brc1ccc2oc3c4oc5ccccc5c4c4ccccc4c3c2c1. The molecule has 0 amide bonds. The summed E-state index contributed by atoms with van der Waals surface area (Å²) >= 11 is 3.58. The van der Waals surface area contributed by atoms with Crippen LogP contribution in [0.4, 0.5) is 0 Å². The fraction of sp³-hybridized carbons (Fsp3) is 0. The number of furan rings is 2. The zero-order valence-electron chi connectivity index (χ0n) is 13.0. The summed E-state index contributed by atoms with van der Waals surface area (Å²) in [5, 5.41) is 6.83. The van der Waals surface area contributed by atoms with Gasteiger partial charge in [0.1, 0.15) is 11.2 Å². The van der Waals surface area contributed by atoms with Gasteiger partial charge in [-0.1, -0.05) is 58.4 Å². The van der Waals surface area contributed by atoms with Crippen LogP contribution in [0.3, 0.4) is 0 Å². The summed E-state index contributed by atoms with van der Waals surface area (Å²) in [6, 6.07) is 22.8. The molecule has 0 unspecified atom stereocenters. The van der Waals surface area contributed by atoms with Gasteiger partial charge >= 0.3 is 0 Å². The van der Waals surface area contributed by atoms with Crippen LogP contribution in [-0.2, 0) is 0 Å². The molecule has 118 valence electrons. The third-order valence-corrected chi connectivity index (χ3v) is 5.41. The fourth-order valence-corrected chi connectivity index (χ4v) is 4.25. The zero-order valence-corrected chi connectivity index (χ0v) is 14.6. The number of fused-ring (bicyclic) bond motifs is 10. The molecule has 0 radical (unpaired) electrons. The van der Waals surface area contributed by atoms with Gasteiger partial charge in [-0.15, -0.1) is 0 Å². The first kappa shape index (κ1) is 13.5. The average Bonchev–Trinajstić information content (AvgIpc) is 3.20. The van der Waals surface area contributed by atoms with Crippen molar-refractivity contribution in [3.8, 4) is 0 Å². The van der Waals surface area contributed by atoms with Gasteiger partial charge in [0.05, 0.1) is 0 Å². The number of para-hydroxylation sites is 1. The van der Waals surface area contributed by atoms with Crippen molar-refractivity contribution in [1.82, 2.24) is 0 Å². The van der Waals surface area contributed by atoms with Crippen LogP contribution in [0.5, 0.6) is 0 Å². The van der Waals surface area contributed by atoms with Crippen LogP contribution in [0.15, 0.2) is 80.0 Å². The number of benzene rings is 4. The first-order valence-corrected chi connectivity index (χ1v) is 8.94. The maximum absolute atomic E-state index is 6.24. The predicted molar refractivity (Wildman–Crippen MR) is 106 cm³/mol. The molecule has 3 heteroatoms. The van der Waals surface area contributed by atoms with Gasteiger partial charge in [0.15, 0.2) is 11.2 Å². The lowest BCUT2D eigenvalue weighted by molar-refractivity contribution is 0.633. The van der Waals surface area contributed by atoms with Gasteiger partial charge in [-0.2, -0.15) is 0 Å². The van der Waals surface area contributed by atoms with E-state index in [1.807, 2.05) is 30.3 Å². The van der Waals surface area contributed by atoms with Crippen molar-refractivity contribution >= 4 is 70.6 Å². The van der Waals surface area contributed by atoms with E-state index in [1.165, 1.54) is 10.8 Å². The zero-order chi connectivity index (χ0) is 16.5. The maximum Gasteiger partial charge on any atom is 0.179 e. The quantitative estimate of drug-likeness (QED) is 0.271. The van der Waals surface area contributed by atoms with Gasteiger partial charge in [-0.3, -0.25) is 0 Å². The molecular formula is C22H11BrO2. The van der Waals surface area contributed by atoms with Crippen molar-refractivity contribution in [2.45, 2.75) is 0 Å². The molecule has 0 spiro atoms. The molecule has 2 aromatic heterocycles. The molecule has 0 aliphatic heterocycles. The monoisotopic (exact) mass is 386 g/mol. The van der Waals surface area contributed by atoms with Gasteiger partial charge in [0.25, 0.3) is 0 Å². The molecule has 0 fully saturated rings. The minimum absolute atomic E-state index is 0.818. The molecular weight excluding hydrogens is 376 g/mol. The second kappa shape index (κ2) is 4.64. The van der Waals surface area contributed by atoms with Crippen LogP contribution in [0.1, 0.15) is 0 Å². The lowest BCUT2D eigenvalue weighted by atomic mass is 9.99. The highest BCUT2D eigenvalue weighted by Gasteiger charge is 2.20. The highest BCUT2D eigenvalue weighted by molar-refractivity contribution is 9.10. The minimum Gasteiger partial charge on any atom is -0.452 e. The van der Waals surface area contributed by atoms with Crippen LogP contribution in [0, 0.1) is 0 Å². The van der Waals surface area contributed by atoms with Crippen LogP contribution >= 0.6 is 15.9 Å². The molecule has 0 saturated heterocycles. The lowest BCUT2D eigenvalue weighted by Crippen LogP contribution is -1.77. The van der Waals surface area contributed by atoms with Crippen molar-refractivity contribution < 1.29 is 8.83 Å². The van der Waals surface area contributed by atoms with Crippen molar-refractivity contribution in [3.63, 3.8) is 0 Å². The minimum atomic E-state index is 0.818. The van der Waals surface area contributed by atoms with Crippen molar-refractivity contribution in [2.24, 2.45) is 0 Å². The molecule has 0 saturated carbocycles. The van der Waals surface area contributed by atoms with E-state index in [4.69, 9.17) is 8.83 Å². The van der Waals surface area contributed by atoms with E-state index in [2.05, 4.69) is 52.3 Å². The Balaban J connectivity index is 2.04. The average molecular weight is 387 g/mol. The third-order valence-electron chi connectivity index (χ3n) is 4.92. The Hall–Kier alpha value is -2.78. The van der Waals surface area contributed by atoms with Gasteiger partial charge in [0.2, 0.25) is 0 Å². The summed E-state index contributed by atoms with van der Waals surface area (Å²) in [6.45, 7) is 0. The Bertz CT molecular complexity index is 1450. The normalized spacial score (nSPS) is 12.2. The maximum atomic E-state index is 6.24. The van der Waals surface area contributed by atoms with E-state index in [0.29, 0.717) is 0 Å². The van der Waals surface area contributed by atoms with Crippen LogP contribution in [0.25, 0.3) is 54.6 Å². The van der Waals surface area contributed by atoms with E-state index in [0.717, 1.165) is 48.3 Å². The molecule has 25 heavy (non-hydrogen) atoms. The number of halogens is 1. The molecule has 0 aliphatic carbocycles. The Kier molecular flexibility index (Phi) is 2.51. The molecule has 0 N–H and O–H groups in total. The van der Waals surface area contributed by atoms with Crippen molar-refractivity contribution in [3.05, 3.63) is 71.2 Å². The highest BCUT2D eigenvalue weighted by atomic mass is 79.9. The molecule has 6 rings (SSSR count). The van der Waals surface area contributed by atoms with E-state index in [9.17, 15) is 0 Å². The summed E-state index contributed by atoms with van der Waals surface area (Å²) in [7, 11) is 0. The van der Waals surface area contributed by atoms with Gasteiger partial charge in [0, 0.05) is 26.0 Å². The Morgan fingerprint density at radius 2 is 1.12 bits per heavy atom. The van der Waals surface area contributed by atoms with Crippen LogP contribution in [-0.4, -0.2) is 0 Å². The van der Waals surface area contributed by atoms with E-state index >= 15 is 0 Å². The van der Waals surface area contributed by atoms with E-state index in [-0.39, 0.29) is 0 Å². The fourth-order valence-electron chi connectivity index (χ4n) is 3.89. The second-order valence-corrected chi connectivity index (χ2v) is 7.21. The standard InChI is InChI=1S/C22H11BrO2/c23-12-9-10-18-16(11-12)20-14-6-2-1-5-13(14)19-15-7-3-4-8-17(15)24-21(19)22(20)25-18/h1-11H. The molecule has 2 nitrogen and oxygen atoms in total. The summed E-state index contributed by atoms with van der Waals surface area (Å²) in [4.78, 5) is 0. The largest absolute Gasteiger partial charge is 0.452 e. The Labute approximate surface area is 150 Å². The highest BCUT2D eigenvalue weighted by Crippen LogP contribution is 2.44. The summed E-state index contributed by atoms with van der Waals surface area (Å²) in [5.74, 6) is 0. The molecule has 0 aliphatic rings. The number of hydrogen-bond acceptors (Lipinski definition) is 2. The first-order chi connectivity index (χ1) is 12.3.